The lowest BCUT2D eigenvalue weighted by molar-refractivity contribution is -0.143. The number of aliphatic carboxylic acids is 1. The van der Waals surface area contributed by atoms with Crippen molar-refractivity contribution >= 4 is 12.0 Å². The summed E-state index contributed by atoms with van der Waals surface area (Å²) < 4.78 is 6.08. The average Bonchev–Trinajstić information content (AvgIpc) is 3.05. The molecule has 0 radical (unpaired) electrons. The third-order valence-corrected chi connectivity index (χ3v) is 6.31. The van der Waals surface area contributed by atoms with E-state index in [0.717, 1.165) is 11.3 Å². The molecule has 0 saturated carbocycles. The fourth-order valence-corrected chi connectivity index (χ4v) is 4.92. The molecule has 6 nitrogen and oxygen atoms in total. The number of ether oxygens (including phenoxy) is 1. The normalized spacial score (nSPS) is 22.9. The Labute approximate surface area is 190 Å². The molecule has 1 N–H and O–H groups in total. The van der Waals surface area contributed by atoms with Crippen molar-refractivity contribution in [3.8, 4) is 5.75 Å². The second-order valence-corrected chi connectivity index (χ2v) is 9.07. The molecule has 3 rings (SSSR count). The van der Waals surface area contributed by atoms with Gasteiger partial charge in [-0.2, -0.15) is 0 Å². The molecule has 1 fully saturated rings. The van der Waals surface area contributed by atoms with Gasteiger partial charge in [0.2, 0.25) is 0 Å². The van der Waals surface area contributed by atoms with Crippen LogP contribution in [0.15, 0.2) is 60.7 Å². The molecule has 4 atom stereocenters. The maximum atomic E-state index is 13.8. The fourth-order valence-electron chi connectivity index (χ4n) is 4.92. The molecule has 4 unspecified atom stereocenters. The lowest BCUT2D eigenvalue weighted by Crippen LogP contribution is -2.54. The number of amides is 2. The Morgan fingerprint density at radius 2 is 1.50 bits per heavy atom. The van der Waals surface area contributed by atoms with Crippen LogP contribution in [0.3, 0.4) is 0 Å². The van der Waals surface area contributed by atoms with E-state index >= 15 is 0 Å². The minimum atomic E-state index is -0.985. The first-order valence-corrected chi connectivity index (χ1v) is 11.3. The van der Waals surface area contributed by atoms with Gasteiger partial charge in [-0.1, -0.05) is 55.5 Å². The van der Waals surface area contributed by atoms with Crippen LogP contribution >= 0.6 is 0 Å². The van der Waals surface area contributed by atoms with E-state index in [0.29, 0.717) is 6.61 Å². The number of hydrogen-bond acceptors (Lipinski definition) is 3. The molecular formula is C26H34N2O4. The Balaban J connectivity index is 2.04. The van der Waals surface area contributed by atoms with E-state index in [1.165, 1.54) is 0 Å². The largest absolute Gasteiger partial charge is 0.493 e. The standard InChI is InChI=1S/C26H34N2O4/c1-17(2)27(18(3)4)26(31)28-23(25(29)30)19(5)22(16-32-21-14-10-7-11-15-21)24(28)20-12-8-6-9-13-20/h6-15,17-19,22-24H,16H2,1-5H3,(H,29,30). The summed E-state index contributed by atoms with van der Waals surface area (Å²) in [7, 11) is 0. The number of likely N-dealkylation sites (tertiary alicyclic amines) is 1. The summed E-state index contributed by atoms with van der Waals surface area (Å²) >= 11 is 0. The van der Waals surface area contributed by atoms with Gasteiger partial charge >= 0.3 is 12.0 Å². The molecule has 2 aromatic carbocycles. The Hall–Kier alpha value is -3.02. The van der Waals surface area contributed by atoms with Crippen LogP contribution in [0.5, 0.6) is 5.75 Å². The summed E-state index contributed by atoms with van der Waals surface area (Å²) in [6.07, 6.45) is 0. The maximum absolute atomic E-state index is 13.8. The van der Waals surface area contributed by atoms with Crippen molar-refractivity contribution in [1.29, 1.82) is 0 Å². The number of carboxylic acid groups (broad SMARTS) is 1. The average molecular weight is 439 g/mol. The summed E-state index contributed by atoms with van der Waals surface area (Å²) in [5.41, 5.74) is 0.922. The molecule has 32 heavy (non-hydrogen) atoms. The monoisotopic (exact) mass is 438 g/mol. The highest BCUT2D eigenvalue weighted by molar-refractivity contribution is 5.84. The summed E-state index contributed by atoms with van der Waals surface area (Å²) in [5, 5.41) is 10.2. The molecule has 0 aromatic heterocycles. The van der Waals surface area contributed by atoms with Gasteiger partial charge in [-0.15, -0.1) is 0 Å². The first kappa shape index (κ1) is 23.6. The van der Waals surface area contributed by atoms with Gasteiger partial charge in [-0.3, -0.25) is 0 Å². The number of carbonyl (C=O) groups excluding carboxylic acids is 1. The van der Waals surface area contributed by atoms with Crippen LogP contribution in [0.25, 0.3) is 0 Å². The summed E-state index contributed by atoms with van der Waals surface area (Å²) in [6.45, 7) is 10.1. The van der Waals surface area contributed by atoms with Crippen molar-refractivity contribution in [2.24, 2.45) is 11.8 Å². The number of benzene rings is 2. The number of hydrogen-bond donors (Lipinski definition) is 1. The van der Waals surface area contributed by atoms with Crippen LogP contribution in [0.1, 0.15) is 46.2 Å². The molecule has 1 aliphatic rings. The fraction of sp³-hybridized carbons (Fsp3) is 0.462. The topological polar surface area (TPSA) is 70.1 Å². The van der Waals surface area contributed by atoms with Gasteiger partial charge in [0.1, 0.15) is 11.8 Å². The highest BCUT2D eigenvalue weighted by Gasteiger charge is 2.54. The highest BCUT2D eigenvalue weighted by atomic mass is 16.5. The highest BCUT2D eigenvalue weighted by Crippen LogP contribution is 2.46. The zero-order chi connectivity index (χ0) is 23.4. The Kier molecular flexibility index (Phi) is 7.44. The molecule has 172 valence electrons. The number of rotatable bonds is 7. The quantitative estimate of drug-likeness (QED) is 0.655. The molecule has 2 aromatic rings. The Morgan fingerprint density at radius 1 is 0.969 bits per heavy atom. The molecule has 0 spiro atoms. The van der Waals surface area contributed by atoms with E-state index in [1.54, 1.807) is 9.80 Å². The van der Waals surface area contributed by atoms with Crippen molar-refractivity contribution in [2.45, 2.75) is 58.8 Å². The summed E-state index contributed by atoms with van der Waals surface area (Å²) in [4.78, 5) is 29.6. The van der Waals surface area contributed by atoms with Crippen LogP contribution in [-0.2, 0) is 4.79 Å². The van der Waals surface area contributed by atoms with Crippen LogP contribution in [0.2, 0.25) is 0 Å². The van der Waals surface area contributed by atoms with Crippen molar-refractivity contribution in [2.75, 3.05) is 6.61 Å². The Morgan fingerprint density at radius 3 is 2.00 bits per heavy atom. The minimum absolute atomic E-state index is 0.0525. The summed E-state index contributed by atoms with van der Waals surface area (Å²) in [6, 6.07) is 17.5. The van der Waals surface area contributed by atoms with Gasteiger partial charge in [0, 0.05) is 18.0 Å². The van der Waals surface area contributed by atoms with Crippen molar-refractivity contribution in [3.05, 3.63) is 66.2 Å². The number of carboxylic acids is 1. The number of nitrogens with zero attached hydrogens (tertiary/aromatic N) is 2. The molecule has 1 saturated heterocycles. The van der Waals surface area contributed by atoms with E-state index in [2.05, 4.69) is 0 Å². The second-order valence-electron chi connectivity index (χ2n) is 9.07. The Bertz CT molecular complexity index is 893. The summed E-state index contributed by atoms with van der Waals surface area (Å²) in [5.74, 6) is -0.717. The van der Waals surface area contributed by atoms with Crippen molar-refractivity contribution < 1.29 is 19.4 Å². The number of urea groups is 1. The first-order chi connectivity index (χ1) is 15.2. The molecule has 6 heteroatoms. The predicted molar refractivity (Wildman–Crippen MR) is 125 cm³/mol. The van der Waals surface area contributed by atoms with E-state index in [-0.39, 0.29) is 30.0 Å². The van der Waals surface area contributed by atoms with Crippen LogP contribution in [0.4, 0.5) is 4.79 Å². The van der Waals surface area contributed by atoms with E-state index in [4.69, 9.17) is 4.74 Å². The third kappa shape index (κ3) is 4.74. The minimum Gasteiger partial charge on any atom is -0.493 e. The van der Waals surface area contributed by atoms with Gasteiger partial charge in [-0.05, 0) is 51.3 Å². The molecule has 0 aliphatic carbocycles. The zero-order valence-electron chi connectivity index (χ0n) is 19.5. The van der Waals surface area contributed by atoms with E-state index in [9.17, 15) is 14.7 Å². The molecule has 2 amide bonds. The molecular weight excluding hydrogens is 404 g/mol. The third-order valence-electron chi connectivity index (χ3n) is 6.31. The SMILES string of the molecule is CC1C(COc2ccccc2)C(c2ccccc2)N(C(=O)N(C(C)C)C(C)C)C1C(=O)O. The molecule has 0 bridgehead atoms. The zero-order valence-corrected chi connectivity index (χ0v) is 19.5. The van der Waals surface area contributed by atoms with Gasteiger partial charge in [0.05, 0.1) is 12.6 Å². The van der Waals surface area contributed by atoms with Gasteiger partial charge in [0.15, 0.2) is 0 Å². The molecule has 1 heterocycles. The second kappa shape index (κ2) is 10.1. The maximum Gasteiger partial charge on any atom is 0.326 e. The lowest BCUT2D eigenvalue weighted by Gasteiger charge is -2.39. The van der Waals surface area contributed by atoms with Crippen molar-refractivity contribution in [1.82, 2.24) is 9.80 Å². The smallest absolute Gasteiger partial charge is 0.326 e. The van der Waals surface area contributed by atoms with E-state index < -0.39 is 18.1 Å². The van der Waals surface area contributed by atoms with Gasteiger partial charge in [-0.25, -0.2) is 9.59 Å². The van der Waals surface area contributed by atoms with E-state index in [1.807, 2.05) is 95.3 Å². The van der Waals surface area contributed by atoms with Crippen LogP contribution < -0.4 is 4.74 Å². The van der Waals surface area contributed by atoms with Gasteiger partial charge < -0.3 is 19.6 Å². The number of para-hydroxylation sites is 1. The number of carbonyl (C=O) groups is 2. The van der Waals surface area contributed by atoms with Crippen LogP contribution in [-0.4, -0.2) is 51.6 Å². The van der Waals surface area contributed by atoms with Crippen LogP contribution in [0, 0.1) is 11.8 Å². The molecule has 1 aliphatic heterocycles. The van der Waals surface area contributed by atoms with Crippen molar-refractivity contribution in [3.63, 3.8) is 0 Å². The lowest BCUT2D eigenvalue weighted by atomic mass is 9.86. The van der Waals surface area contributed by atoms with Gasteiger partial charge in [0.25, 0.3) is 0 Å². The predicted octanol–water partition coefficient (Wildman–Crippen LogP) is 5.07. The first-order valence-electron chi connectivity index (χ1n) is 11.3.